The van der Waals surface area contributed by atoms with E-state index in [4.69, 9.17) is 14.2 Å². The number of fused-ring (bicyclic) bond motifs is 1. The van der Waals surface area contributed by atoms with Gasteiger partial charge in [0.15, 0.2) is 0 Å². The zero-order valence-electron chi connectivity index (χ0n) is 17.2. The number of rotatable bonds is 5. The first-order chi connectivity index (χ1) is 13.7. The van der Waals surface area contributed by atoms with Crippen molar-refractivity contribution in [3.63, 3.8) is 0 Å². The van der Waals surface area contributed by atoms with Crippen LogP contribution in [0.25, 0.3) is 22.2 Å². The number of benzene rings is 1. The molecule has 0 unspecified atom stereocenters. The van der Waals surface area contributed by atoms with Crippen molar-refractivity contribution in [2.75, 3.05) is 14.2 Å². The zero-order chi connectivity index (χ0) is 21.2. The molecule has 7 nitrogen and oxygen atoms in total. The van der Waals surface area contributed by atoms with Crippen LogP contribution in [-0.2, 0) is 20.7 Å². The normalized spacial score (nSPS) is 11.3. The van der Waals surface area contributed by atoms with Gasteiger partial charge in [-0.15, -0.1) is 0 Å². The van der Waals surface area contributed by atoms with Crippen molar-refractivity contribution < 1.29 is 23.8 Å². The van der Waals surface area contributed by atoms with Crippen LogP contribution >= 0.6 is 0 Å². The number of esters is 2. The monoisotopic (exact) mass is 396 g/mol. The Labute approximate surface area is 169 Å². The molecule has 0 radical (unpaired) electrons. The number of H-pyrrole nitrogens is 1. The van der Waals surface area contributed by atoms with Gasteiger partial charge in [-0.25, -0.2) is 4.79 Å². The highest BCUT2D eigenvalue weighted by Crippen LogP contribution is 2.32. The minimum absolute atomic E-state index is 0.0281. The largest absolute Gasteiger partial charge is 0.497 e. The summed E-state index contributed by atoms with van der Waals surface area (Å²) < 4.78 is 15.6. The average Bonchev–Trinajstić information content (AvgIpc) is 3.12. The molecule has 2 heterocycles. The predicted molar refractivity (Wildman–Crippen MR) is 109 cm³/mol. The molecule has 29 heavy (non-hydrogen) atoms. The first kappa shape index (κ1) is 20.4. The van der Waals surface area contributed by atoms with Gasteiger partial charge in [-0.05, 0) is 39.0 Å². The van der Waals surface area contributed by atoms with E-state index in [9.17, 15) is 9.59 Å². The maximum atomic E-state index is 12.3. The molecule has 7 heteroatoms. The van der Waals surface area contributed by atoms with Crippen LogP contribution in [0.3, 0.4) is 0 Å². The van der Waals surface area contributed by atoms with E-state index < -0.39 is 11.6 Å². The van der Waals surface area contributed by atoms with Gasteiger partial charge in [-0.1, -0.05) is 12.1 Å². The predicted octanol–water partition coefficient (Wildman–Crippen LogP) is 3.91. The van der Waals surface area contributed by atoms with Gasteiger partial charge in [0.05, 0.1) is 31.9 Å². The van der Waals surface area contributed by atoms with E-state index >= 15 is 0 Å². The molecular formula is C22H24N2O5. The molecule has 0 aliphatic carbocycles. The first-order valence-electron chi connectivity index (χ1n) is 9.17. The summed E-state index contributed by atoms with van der Waals surface area (Å²) in [6.45, 7) is 5.44. The smallest absolute Gasteiger partial charge is 0.354 e. The Bertz CT molecular complexity index is 1060. The summed E-state index contributed by atoms with van der Waals surface area (Å²) in [4.78, 5) is 32.0. The van der Waals surface area contributed by atoms with Crippen molar-refractivity contribution in [2.24, 2.45) is 0 Å². The van der Waals surface area contributed by atoms with Crippen LogP contribution in [0.2, 0.25) is 0 Å². The zero-order valence-corrected chi connectivity index (χ0v) is 17.2. The molecule has 0 amide bonds. The topological polar surface area (TPSA) is 90.5 Å². The van der Waals surface area contributed by atoms with E-state index in [-0.39, 0.29) is 18.1 Å². The summed E-state index contributed by atoms with van der Waals surface area (Å²) in [5.41, 5.74) is 2.47. The molecule has 0 aliphatic rings. The maximum absolute atomic E-state index is 12.3. The number of aromatic amines is 1. The molecule has 2 aromatic heterocycles. The fourth-order valence-electron chi connectivity index (χ4n) is 3.06. The fraction of sp³-hybridized carbons (Fsp3) is 0.318. The van der Waals surface area contributed by atoms with E-state index in [0.717, 1.165) is 5.56 Å². The SMILES string of the molecule is COC(=O)c1cc2c(-c3cccc(OC)c3)ncc(CC(=O)OC(C)(C)C)c2[nH]1. The van der Waals surface area contributed by atoms with Gasteiger partial charge in [0.1, 0.15) is 17.0 Å². The summed E-state index contributed by atoms with van der Waals surface area (Å²) in [5.74, 6) is -0.177. The number of hydrogen-bond donors (Lipinski definition) is 1. The molecule has 0 bridgehead atoms. The lowest BCUT2D eigenvalue weighted by atomic mass is 10.0. The molecule has 1 aromatic carbocycles. The molecule has 0 aliphatic heterocycles. The Morgan fingerprint density at radius 2 is 1.90 bits per heavy atom. The van der Waals surface area contributed by atoms with Crippen LogP contribution in [0.5, 0.6) is 5.75 Å². The molecule has 152 valence electrons. The molecule has 3 aromatic rings. The molecule has 0 saturated carbocycles. The lowest BCUT2D eigenvalue weighted by Crippen LogP contribution is -2.25. The number of aromatic nitrogens is 2. The Balaban J connectivity index is 2.11. The Hall–Kier alpha value is -3.35. The summed E-state index contributed by atoms with van der Waals surface area (Å²) in [5, 5.41) is 0.708. The second-order valence-electron chi connectivity index (χ2n) is 7.59. The fourth-order valence-corrected chi connectivity index (χ4v) is 3.06. The standard InChI is InChI=1S/C22H24N2O5/c1-22(2,3)29-18(25)10-14-12-23-19(13-7-6-8-15(9-13)27-4)16-11-17(21(26)28-5)24-20(14)16/h6-9,11-12,24H,10H2,1-5H3. The van der Waals surface area contributed by atoms with Crippen LogP contribution in [0.15, 0.2) is 36.5 Å². The van der Waals surface area contributed by atoms with Crippen LogP contribution in [0, 0.1) is 0 Å². The highest BCUT2D eigenvalue weighted by Gasteiger charge is 2.21. The summed E-state index contributed by atoms with van der Waals surface area (Å²) >= 11 is 0. The van der Waals surface area contributed by atoms with Crippen LogP contribution < -0.4 is 4.74 Å². The number of ether oxygens (including phenoxy) is 3. The molecule has 3 rings (SSSR count). The van der Waals surface area contributed by atoms with Gasteiger partial charge in [0, 0.05) is 22.7 Å². The minimum atomic E-state index is -0.586. The van der Waals surface area contributed by atoms with E-state index in [1.165, 1.54) is 7.11 Å². The number of hydrogen-bond acceptors (Lipinski definition) is 6. The number of pyridine rings is 1. The summed E-state index contributed by atoms with van der Waals surface area (Å²) in [6.07, 6.45) is 1.65. The molecule has 0 spiro atoms. The van der Waals surface area contributed by atoms with Gasteiger partial charge in [0.2, 0.25) is 0 Å². The van der Waals surface area contributed by atoms with Crippen LogP contribution in [-0.4, -0.2) is 41.7 Å². The average molecular weight is 396 g/mol. The number of carbonyl (C=O) groups excluding carboxylic acids is 2. The first-order valence-corrected chi connectivity index (χ1v) is 9.17. The molecule has 0 saturated heterocycles. The lowest BCUT2D eigenvalue weighted by molar-refractivity contribution is -0.153. The Morgan fingerprint density at radius 1 is 1.14 bits per heavy atom. The van der Waals surface area contributed by atoms with Gasteiger partial charge < -0.3 is 19.2 Å². The third-order valence-corrected chi connectivity index (χ3v) is 4.25. The van der Waals surface area contributed by atoms with Crippen LogP contribution in [0.4, 0.5) is 0 Å². The summed E-state index contributed by atoms with van der Waals surface area (Å²) in [7, 11) is 2.91. The number of methoxy groups -OCH3 is 2. The van der Waals surface area contributed by atoms with E-state index in [2.05, 4.69) is 9.97 Å². The van der Waals surface area contributed by atoms with Gasteiger partial charge in [0.25, 0.3) is 0 Å². The number of carbonyl (C=O) groups is 2. The van der Waals surface area contributed by atoms with Crippen molar-refractivity contribution >= 4 is 22.8 Å². The highest BCUT2D eigenvalue weighted by molar-refractivity contribution is 6.02. The Kier molecular flexibility index (Phi) is 5.59. The Morgan fingerprint density at radius 3 is 2.55 bits per heavy atom. The second kappa shape index (κ2) is 7.95. The quantitative estimate of drug-likeness (QED) is 0.658. The third-order valence-electron chi connectivity index (χ3n) is 4.25. The second-order valence-corrected chi connectivity index (χ2v) is 7.59. The highest BCUT2D eigenvalue weighted by atomic mass is 16.6. The van der Waals surface area contributed by atoms with E-state index in [0.29, 0.717) is 27.9 Å². The van der Waals surface area contributed by atoms with E-state index in [1.54, 1.807) is 19.4 Å². The third kappa shape index (κ3) is 4.56. The molecule has 0 fully saturated rings. The molecule has 0 atom stereocenters. The minimum Gasteiger partial charge on any atom is -0.497 e. The molecule has 1 N–H and O–H groups in total. The van der Waals surface area contributed by atoms with Crippen molar-refractivity contribution in [3.05, 3.63) is 47.8 Å². The van der Waals surface area contributed by atoms with Crippen LogP contribution in [0.1, 0.15) is 36.8 Å². The van der Waals surface area contributed by atoms with Gasteiger partial charge in [-0.3, -0.25) is 9.78 Å². The number of nitrogens with zero attached hydrogens (tertiary/aromatic N) is 1. The maximum Gasteiger partial charge on any atom is 0.354 e. The number of nitrogens with one attached hydrogen (secondary N) is 1. The molecular weight excluding hydrogens is 372 g/mol. The van der Waals surface area contributed by atoms with Gasteiger partial charge in [-0.2, -0.15) is 0 Å². The van der Waals surface area contributed by atoms with Crippen molar-refractivity contribution in [1.82, 2.24) is 9.97 Å². The van der Waals surface area contributed by atoms with E-state index in [1.807, 2.05) is 45.0 Å². The van der Waals surface area contributed by atoms with Crippen molar-refractivity contribution in [3.8, 4) is 17.0 Å². The lowest BCUT2D eigenvalue weighted by Gasteiger charge is -2.19. The van der Waals surface area contributed by atoms with Crippen molar-refractivity contribution in [2.45, 2.75) is 32.8 Å². The summed E-state index contributed by atoms with van der Waals surface area (Å²) in [6, 6.07) is 9.16. The van der Waals surface area contributed by atoms with Crippen molar-refractivity contribution in [1.29, 1.82) is 0 Å². The van der Waals surface area contributed by atoms with Gasteiger partial charge >= 0.3 is 11.9 Å².